The molecule has 1 aliphatic heterocycles. The Morgan fingerprint density at radius 2 is 1.90 bits per heavy atom. The van der Waals surface area contributed by atoms with Crippen LogP contribution >= 0.6 is 11.6 Å². The number of benzene rings is 1. The molecule has 1 saturated heterocycles. The third kappa shape index (κ3) is 4.15. The Kier molecular flexibility index (Phi) is 7.27. The summed E-state index contributed by atoms with van der Waals surface area (Å²) in [5.41, 5.74) is 2.78. The number of allylic oxidation sites excluding steroid dienone is 1. The largest absolute Gasteiger partial charge is 0.510 e. The molecule has 0 radical (unpaired) electrons. The van der Waals surface area contributed by atoms with Gasteiger partial charge >= 0.3 is 0 Å². The zero-order valence-electron chi connectivity index (χ0n) is 22.9. The van der Waals surface area contributed by atoms with Crippen LogP contribution in [0, 0.1) is 11.8 Å². The van der Waals surface area contributed by atoms with Crippen molar-refractivity contribution in [1.82, 2.24) is 9.80 Å². The summed E-state index contributed by atoms with van der Waals surface area (Å²) in [6.45, 7) is 3.59. The Labute approximate surface area is 237 Å². The van der Waals surface area contributed by atoms with Crippen LogP contribution in [0.3, 0.4) is 0 Å². The van der Waals surface area contributed by atoms with E-state index in [0.29, 0.717) is 28.7 Å². The molecule has 4 aliphatic rings. The summed E-state index contributed by atoms with van der Waals surface area (Å²) in [4.78, 5) is 43.2. The van der Waals surface area contributed by atoms with Gasteiger partial charge in [-0.25, -0.2) is 0 Å². The molecule has 1 aromatic carbocycles. The summed E-state index contributed by atoms with van der Waals surface area (Å²) in [6.07, 6.45) is 4.65. The van der Waals surface area contributed by atoms with Crippen LogP contribution in [0.5, 0.6) is 5.75 Å². The second-order valence-electron chi connectivity index (χ2n) is 11.9. The maximum Gasteiger partial charge on any atom is 0.255 e. The minimum absolute atomic E-state index is 0.0240. The molecule has 10 nitrogen and oxygen atoms in total. The summed E-state index contributed by atoms with van der Waals surface area (Å²) in [7, 11) is 3.19. The highest BCUT2D eigenvalue weighted by Crippen LogP contribution is 2.53. The van der Waals surface area contributed by atoms with Crippen LogP contribution < -0.4 is 5.73 Å². The maximum absolute atomic E-state index is 13.8. The Bertz CT molecular complexity index is 1370. The van der Waals surface area contributed by atoms with Crippen LogP contribution in [0.15, 0.2) is 28.7 Å². The third-order valence-electron chi connectivity index (χ3n) is 9.29. The Morgan fingerprint density at radius 1 is 1.20 bits per heavy atom. The first-order chi connectivity index (χ1) is 18.8. The van der Waals surface area contributed by atoms with Crippen LogP contribution in [-0.4, -0.2) is 86.0 Å². The number of likely N-dealkylation sites (N-methyl/N-ethyl adjacent to an activating group) is 1. The number of amides is 1. The van der Waals surface area contributed by atoms with Crippen molar-refractivity contribution in [2.75, 3.05) is 20.6 Å². The molecule has 0 saturated carbocycles. The van der Waals surface area contributed by atoms with Crippen molar-refractivity contribution >= 4 is 29.1 Å². The van der Waals surface area contributed by atoms with E-state index in [2.05, 4.69) is 11.8 Å². The number of likely N-dealkylation sites (tertiary alicyclic amines) is 1. The fourth-order valence-corrected chi connectivity index (χ4v) is 7.54. The molecule has 1 unspecified atom stereocenters. The lowest BCUT2D eigenvalue weighted by Gasteiger charge is -2.50. The highest BCUT2D eigenvalue weighted by Gasteiger charge is 2.63. The summed E-state index contributed by atoms with van der Waals surface area (Å²) < 4.78 is 0. The zero-order valence-corrected chi connectivity index (χ0v) is 23.7. The maximum atomic E-state index is 13.8. The molecule has 1 heterocycles. The molecule has 0 aromatic heterocycles. The van der Waals surface area contributed by atoms with Crippen molar-refractivity contribution in [3.63, 3.8) is 0 Å². The topological polar surface area (TPSA) is 165 Å². The number of rotatable bonds is 4. The second kappa shape index (κ2) is 10.2. The number of nitrogens with two attached hydrogens (primary N) is 1. The van der Waals surface area contributed by atoms with Gasteiger partial charge in [-0.3, -0.25) is 24.2 Å². The molecule has 40 heavy (non-hydrogen) atoms. The number of hydrogen-bond acceptors (Lipinski definition) is 9. The number of phenolic OH excluding ortho intramolecular Hbond substituents is 1. The van der Waals surface area contributed by atoms with Gasteiger partial charge in [0.1, 0.15) is 22.8 Å². The van der Waals surface area contributed by atoms with Gasteiger partial charge in [0, 0.05) is 29.1 Å². The normalized spacial score (nSPS) is 31.1. The number of Topliss-reactive ketones (excluding diaryl/α,β-unsaturated/α-hetero) is 2. The van der Waals surface area contributed by atoms with Crippen LogP contribution in [0.4, 0.5) is 0 Å². The van der Waals surface area contributed by atoms with Gasteiger partial charge in [0.2, 0.25) is 5.78 Å². The Balaban J connectivity index is 1.61. The number of halogens is 1. The number of fused-ring (bicyclic) bond motifs is 3. The number of hydrogen-bond donors (Lipinski definition) is 5. The molecule has 11 heteroatoms. The lowest BCUT2D eigenvalue weighted by Crippen LogP contribution is -2.63. The highest BCUT2D eigenvalue weighted by atomic mass is 35.5. The molecular formula is C29H36ClN3O7. The van der Waals surface area contributed by atoms with Crippen molar-refractivity contribution < 1.29 is 34.8 Å². The smallest absolute Gasteiger partial charge is 0.255 e. The first kappa shape index (κ1) is 28.6. The lowest BCUT2D eigenvalue weighted by molar-refractivity contribution is -0.148. The first-order valence-corrected chi connectivity index (χ1v) is 14.1. The molecule has 216 valence electrons. The van der Waals surface area contributed by atoms with Crippen molar-refractivity contribution in [2.45, 2.75) is 69.7 Å². The number of aromatic hydroxyl groups is 1. The first-order valence-electron chi connectivity index (χ1n) is 13.7. The molecule has 0 bridgehead atoms. The molecule has 1 aromatic rings. The molecule has 5 rings (SSSR count). The second-order valence-corrected chi connectivity index (χ2v) is 12.2. The molecule has 5 atom stereocenters. The number of phenols is 1. The molecule has 3 aliphatic carbocycles. The molecule has 1 amide bonds. The van der Waals surface area contributed by atoms with Crippen LogP contribution in [0.25, 0.3) is 0 Å². The van der Waals surface area contributed by atoms with Gasteiger partial charge in [-0.05, 0) is 76.4 Å². The van der Waals surface area contributed by atoms with Crippen molar-refractivity contribution in [3.8, 4) is 5.75 Å². The fourth-order valence-electron chi connectivity index (χ4n) is 7.26. The van der Waals surface area contributed by atoms with Gasteiger partial charge in [0.15, 0.2) is 11.4 Å². The standard InChI is InChI=1S/C29H36ClN3O7/c1-13-7-5-4-6-8-33(13)12-15-11-18(34)20-16(22(15)30)9-14-10-17-23(32(2)3)25(36)21(28(31)39)27(38)29(17,40)26(37)19(14)24(20)35/h11,13-14,17,23,34,36-37,40H,4-10,12H2,1-3H3,(H2,31,39)/t13?,14-,17-,23-,29-/m0/s1. The molecule has 0 spiro atoms. The summed E-state index contributed by atoms with van der Waals surface area (Å²) in [5, 5.41) is 45.4. The predicted molar refractivity (Wildman–Crippen MR) is 147 cm³/mol. The van der Waals surface area contributed by atoms with Crippen LogP contribution in [0.1, 0.15) is 60.5 Å². The van der Waals surface area contributed by atoms with E-state index in [1.54, 1.807) is 14.1 Å². The number of carbonyl (C=O) groups excluding carboxylic acids is 3. The average Bonchev–Trinajstić information content (AvgIpc) is 3.07. The number of primary amides is 1. The van der Waals surface area contributed by atoms with Crippen molar-refractivity contribution in [2.24, 2.45) is 17.6 Å². The van der Waals surface area contributed by atoms with Gasteiger partial charge < -0.3 is 26.2 Å². The number of aliphatic hydroxyl groups excluding tert-OH is 2. The molecule has 1 fully saturated rings. The minimum atomic E-state index is -2.66. The summed E-state index contributed by atoms with van der Waals surface area (Å²) in [5.74, 6) is -6.75. The quantitative estimate of drug-likeness (QED) is 0.340. The number of nitrogens with zero attached hydrogens (tertiary/aromatic N) is 2. The van der Waals surface area contributed by atoms with Gasteiger partial charge in [0.05, 0.1) is 11.6 Å². The SMILES string of the molecule is CC1CCCCCN1Cc1cc(O)c2c(c1Cl)C[C@H]1C[C@H]3[C@H](N(C)C)C(O)=C(C(N)=O)C(=O)[C@@]3(O)C(O)=C1C2=O. The van der Waals surface area contributed by atoms with Gasteiger partial charge in [-0.2, -0.15) is 0 Å². The summed E-state index contributed by atoms with van der Waals surface area (Å²) >= 11 is 6.90. The molecular weight excluding hydrogens is 538 g/mol. The minimum Gasteiger partial charge on any atom is -0.510 e. The van der Waals surface area contributed by atoms with E-state index in [1.807, 2.05) is 0 Å². The van der Waals surface area contributed by atoms with Crippen LogP contribution in [0.2, 0.25) is 5.02 Å². The monoisotopic (exact) mass is 573 g/mol. The Morgan fingerprint density at radius 3 is 2.55 bits per heavy atom. The van der Waals surface area contributed by atoms with E-state index in [4.69, 9.17) is 17.3 Å². The zero-order chi connectivity index (χ0) is 29.3. The van der Waals surface area contributed by atoms with Gasteiger partial charge in [-0.1, -0.05) is 24.4 Å². The van der Waals surface area contributed by atoms with E-state index >= 15 is 0 Å². The van der Waals surface area contributed by atoms with Crippen LogP contribution in [-0.2, 0) is 22.6 Å². The fraction of sp³-hybridized carbons (Fsp3) is 0.552. The lowest BCUT2D eigenvalue weighted by atomic mass is 9.58. The Hall–Kier alpha value is -2.92. The van der Waals surface area contributed by atoms with E-state index in [-0.39, 0.29) is 29.7 Å². The van der Waals surface area contributed by atoms with E-state index in [0.717, 1.165) is 32.2 Å². The van der Waals surface area contributed by atoms with E-state index in [9.17, 15) is 34.8 Å². The van der Waals surface area contributed by atoms with E-state index in [1.165, 1.54) is 11.0 Å². The molecule has 6 N–H and O–H groups in total. The van der Waals surface area contributed by atoms with E-state index < -0.39 is 58.0 Å². The van der Waals surface area contributed by atoms with Gasteiger partial charge in [0.25, 0.3) is 5.91 Å². The number of aliphatic hydroxyl groups is 3. The van der Waals surface area contributed by atoms with Crippen molar-refractivity contribution in [3.05, 3.63) is 50.4 Å². The number of carbonyl (C=O) groups is 3. The highest BCUT2D eigenvalue weighted by molar-refractivity contribution is 6.33. The summed E-state index contributed by atoms with van der Waals surface area (Å²) in [6, 6.07) is 0.790. The third-order valence-corrected chi connectivity index (χ3v) is 9.77. The number of ketones is 2. The average molecular weight is 574 g/mol. The van der Waals surface area contributed by atoms with Crippen molar-refractivity contribution in [1.29, 1.82) is 0 Å². The predicted octanol–water partition coefficient (Wildman–Crippen LogP) is 2.54. The van der Waals surface area contributed by atoms with Gasteiger partial charge in [-0.15, -0.1) is 0 Å².